The third kappa shape index (κ3) is 5.74. The van der Waals surface area contributed by atoms with E-state index in [2.05, 4.69) is 22.4 Å². The van der Waals surface area contributed by atoms with Gasteiger partial charge in [-0.3, -0.25) is 0 Å². The second-order valence-corrected chi connectivity index (χ2v) is 3.57. The van der Waals surface area contributed by atoms with Crippen LogP contribution in [0.25, 0.3) is 0 Å². The van der Waals surface area contributed by atoms with Crippen LogP contribution in [0.1, 0.15) is 44.9 Å². The van der Waals surface area contributed by atoms with Gasteiger partial charge < -0.3 is 5.73 Å². The number of amides is 2. The second kappa shape index (κ2) is 6.88. The minimum absolute atomic E-state index is 0.598. The number of hydrazone groups is 1. The molecule has 0 spiro atoms. The first kappa shape index (κ1) is 11.6. The molecule has 15 heavy (non-hydrogen) atoms. The third-order valence-electron chi connectivity index (χ3n) is 2.23. The first-order chi connectivity index (χ1) is 7.29. The average molecular weight is 207 g/mol. The summed E-state index contributed by atoms with van der Waals surface area (Å²) in [5.74, 6) is 6.26. The number of nitrogens with zero attached hydrogens (tertiary/aromatic N) is 1. The Hall–Kier alpha value is -1.50. The zero-order valence-corrected chi connectivity index (χ0v) is 8.88. The van der Waals surface area contributed by atoms with Crippen LogP contribution in [-0.4, -0.2) is 11.7 Å². The second-order valence-electron chi connectivity index (χ2n) is 3.57. The van der Waals surface area contributed by atoms with E-state index in [0.717, 1.165) is 50.7 Å². The van der Waals surface area contributed by atoms with Crippen molar-refractivity contribution in [1.29, 1.82) is 0 Å². The number of carbonyl (C=O) groups excluding carboxylic acids is 1. The van der Waals surface area contributed by atoms with Crippen molar-refractivity contribution in [2.45, 2.75) is 44.9 Å². The van der Waals surface area contributed by atoms with Crippen LogP contribution in [0, 0.1) is 11.8 Å². The van der Waals surface area contributed by atoms with Gasteiger partial charge in [-0.15, -0.1) is 11.8 Å². The Bertz CT molecular complexity index is 299. The highest BCUT2D eigenvalue weighted by molar-refractivity contribution is 5.85. The Kier molecular flexibility index (Phi) is 5.31. The molecule has 1 aliphatic carbocycles. The molecule has 0 aromatic rings. The number of urea groups is 1. The van der Waals surface area contributed by atoms with Gasteiger partial charge in [-0.2, -0.15) is 5.10 Å². The van der Waals surface area contributed by atoms with E-state index in [9.17, 15) is 4.79 Å². The maximum Gasteiger partial charge on any atom is 0.332 e. The summed E-state index contributed by atoms with van der Waals surface area (Å²) in [5, 5.41) is 4.00. The summed E-state index contributed by atoms with van der Waals surface area (Å²) in [7, 11) is 0. The Labute approximate surface area is 90.3 Å². The van der Waals surface area contributed by atoms with Gasteiger partial charge in [0, 0.05) is 18.6 Å². The van der Waals surface area contributed by atoms with Gasteiger partial charge in [0.2, 0.25) is 0 Å². The van der Waals surface area contributed by atoms with E-state index in [4.69, 9.17) is 5.73 Å². The van der Waals surface area contributed by atoms with Crippen LogP contribution in [0.2, 0.25) is 0 Å². The van der Waals surface area contributed by atoms with Crippen molar-refractivity contribution in [1.82, 2.24) is 5.43 Å². The number of hydrogen-bond donors (Lipinski definition) is 2. The lowest BCUT2D eigenvalue weighted by Crippen LogP contribution is -2.25. The fourth-order valence-corrected chi connectivity index (χ4v) is 1.47. The summed E-state index contributed by atoms with van der Waals surface area (Å²) in [4.78, 5) is 10.5. The van der Waals surface area contributed by atoms with Gasteiger partial charge in [-0.25, -0.2) is 10.2 Å². The molecule has 0 saturated heterocycles. The number of primary amides is 1. The zero-order chi connectivity index (χ0) is 10.9. The molecule has 0 aromatic heterocycles. The molecule has 0 heterocycles. The van der Waals surface area contributed by atoms with E-state index in [-0.39, 0.29) is 0 Å². The number of nitrogens with two attached hydrogens (primary N) is 1. The molecule has 4 nitrogen and oxygen atoms in total. The lowest BCUT2D eigenvalue weighted by molar-refractivity contribution is 0.249. The van der Waals surface area contributed by atoms with Crippen LogP contribution in [0.4, 0.5) is 4.79 Å². The molecular weight excluding hydrogens is 190 g/mol. The largest absolute Gasteiger partial charge is 0.350 e. The molecule has 0 saturated carbocycles. The fourth-order valence-electron chi connectivity index (χ4n) is 1.47. The highest BCUT2D eigenvalue weighted by atomic mass is 16.2. The van der Waals surface area contributed by atoms with E-state index in [1.54, 1.807) is 0 Å². The molecule has 0 aromatic carbocycles. The minimum Gasteiger partial charge on any atom is -0.350 e. The third-order valence-corrected chi connectivity index (χ3v) is 2.23. The molecule has 0 bridgehead atoms. The quantitative estimate of drug-likeness (QED) is 0.499. The fraction of sp³-hybridized carbons (Fsp3) is 0.636. The molecule has 0 fully saturated rings. The Balaban J connectivity index is 2.45. The van der Waals surface area contributed by atoms with Crippen molar-refractivity contribution in [2.24, 2.45) is 10.8 Å². The van der Waals surface area contributed by atoms with E-state index in [1.807, 2.05) is 0 Å². The number of rotatable bonds is 1. The maximum atomic E-state index is 10.5. The van der Waals surface area contributed by atoms with Crippen LogP contribution in [0.3, 0.4) is 0 Å². The molecule has 4 heteroatoms. The Morgan fingerprint density at radius 3 is 2.60 bits per heavy atom. The van der Waals surface area contributed by atoms with Gasteiger partial charge in [0.1, 0.15) is 0 Å². The molecule has 0 atom stereocenters. The van der Waals surface area contributed by atoms with Crippen molar-refractivity contribution >= 4 is 11.7 Å². The normalized spacial score (nSPS) is 20.1. The lowest BCUT2D eigenvalue weighted by Gasteiger charge is -2.06. The van der Waals surface area contributed by atoms with E-state index in [1.165, 1.54) is 0 Å². The molecule has 0 aliphatic heterocycles. The summed E-state index contributed by atoms with van der Waals surface area (Å²) in [6.45, 7) is 0. The zero-order valence-electron chi connectivity index (χ0n) is 8.88. The van der Waals surface area contributed by atoms with Crippen LogP contribution < -0.4 is 11.2 Å². The SMILES string of the molecule is NC(=O)N/N=C1\CCCC#CCCCC1. The van der Waals surface area contributed by atoms with Crippen molar-refractivity contribution < 1.29 is 4.79 Å². The van der Waals surface area contributed by atoms with Crippen molar-refractivity contribution in [2.75, 3.05) is 0 Å². The van der Waals surface area contributed by atoms with Gasteiger partial charge in [0.15, 0.2) is 0 Å². The maximum absolute atomic E-state index is 10.5. The number of hydrogen-bond acceptors (Lipinski definition) is 2. The number of nitrogens with one attached hydrogen (secondary N) is 1. The first-order valence-electron chi connectivity index (χ1n) is 5.35. The average Bonchev–Trinajstić information content (AvgIpc) is 2.23. The standard InChI is InChI=1S/C11H17N3O/c12-11(15)14-13-10-8-6-4-2-1-3-5-7-9-10/h2,4-9H2,(H3,12,14,15)/b13-10-. The monoisotopic (exact) mass is 207 g/mol. The summed E-state index contributed by atoms with van der Waals surface area (Å²) in [5.41, 5.74) is 8.27. The Morgan fingerprint density at radius 2 is 1.87 bits per heavy atom. The summed E-state index contributed by atoms with van der Waals surface area (Å²) in [6.07, 6.45) is 6.89. The van der Waals surface area contributed by atoms with E-state index < -0.39 is 6.03 Å². The van der Waals surface area contributed by atoms with Gasteiger partial charge in [-0.1, -0.05) is 0 Å². The highest BCUT2D eigenvalue weighted by Crippen LogP contribution is 2.08. The molecular formula is C11H17N3O. The Morgan fingerprint density at radius 1 is 1.20 bits per heavy atom. The molecule has 0 radical (unpaired) electrons. The smallest absolute Gasteiger partial charge is 0.332 e. The summed E-state index contributed by atoms with van der Waals surface area (Å²) < 4.78 is 0. The van der Waals surface area contributed by atoms with E-state index in [0.29, 0.717) is 0 Å². The van der Waals surface area contributed by atoms with Crippen LogP contribution in [0.15, 0.2) is 5.10 Å². The first-order valence-corrected chi connectivity index (χ1v) is 5.35. The minimum atomic E-state index is -0.598. The van der Waals surface area contributed by atoms with Gasteiger partial charge in [0.05, 0.1) is 0 Å². The van der Waals surface area contributed by atoms with Crippen molar-refractivity contribution in [3.05, 3.63) is 0 Å². The van der Waals surface area contributed by atoms with Crippen LogP contribution in [-0.2, 0) is 0 Å². The molecule has 0 unspecified atom stereocenters. The molecule has 1 rings (SSSR count). The van der Waals surface area contributed by atoms with E-state index >= 15 is 0 Å². The summed E-state index contributed by atoms with van der Waals surface area (Å²) in [6, 6.07) is -0.598. The van der Waals surface area contributed by atoms with Gasteiger partial charge >= 0.3 is 6.03 Å². The van der Waals surface area contributed by atoms with Crippen LogP contribution >= 0.6 is 0 Å². The van der Waals surface area contributed by atoms with Crippen molar-refractivity contribution in [3.63, 3.8) is 0 Å². The van der Waals surface area contributed by atoms with Gasteiger partial charge in [-0.05, 0) is 32.1 Å². The predicted octanol–water partition coefficient (Wildman–Crippen LogP) is 1.76. The molecule has 2 amide bonds. The predicted molar refractivity (Wildman–Crippen MR) is 60.2 cm³/mol. The number of carbonyl (C=O) groups is 1. The van der Waals surface area contributed by atoms with Gasteiger partial charge in [0.25, 0.3) is 0 Å². The lowest BCUT2D eigenvalue weighted by atomic mass is 10.0. The van der Waals surface area contributed by atoms with Crippen molar-refractivity contribution in [3.8, 4) is 11.8 Å². The topological polar surface area (TPSA) is 67.5 Å². The molecule has 1 aliphatic rings. The summed E-state index contributed by atoms with van der Waals surface area (Å²) >= 11 is 0. The molecule has 82 valence electrons. The highest BCUT2D eigenvalue weighted by Gasteiger charge is 2.01. The molecule has 3 N–H and O–H groups in total. The van der Waals surface area contributed by atoms with Crippen LogP contribution in [0.5, 0.6) is 0 Å².